The summed E-state index contributed by atoms with van der Waals surface area (Å²) in [4.78, 5) is 29.3. The molecule has 2 heterocycles. The molecule has 0 spiro atoms. The molecular formula is C24H29ClFN3O2. The van der Waals surface area contributed by atoms with E-state index < -0.39 is 5.82 Å². The van der Waals surface area contributed by atoms with Gasteiger partial charge in [-0.1, -0.05) is 18.2 Å². The number of nitrogens with zero attached hydrogens (tertiary/aromatic N) is 2. The summed E-state index contributed by atoms with van der Waals surface area (Å²) in [5.41, 5.74) is 3.12. The van der Waals surface area contributed by atoms with Crippen LogP contribution in [-0.2, 0) is 6.42 Å². The molecule has 1 fully saturated rings. The zero-order valence-corrected chi connectivity index (χ0v) is 19.0. The van der Waals surface area contributed by atoms with E-state index in [4.69, 9.17) is 0 Å². The van der Waals surface area contributed by atoms with E-state index in [0.717, 1.165) is 42.6 Å². The summed E-state index contributed by atoms with van der Waals surface area (Å²) in [5.74, 6) is -0.687. The van der Waals surface area contributed by atoms with Crippen molar-refractivity contribution in [3.63, 3.8) is 0 Å². The molecule has 0 aromatic heterocycles. The minimum atomic E-state index is -0.445. The number of hydrogen-bond donors (Lipinski definition) is 1. The molecule has 1 atom stereocenters. The van der Waals surface area contributed by atoms with Gasteiger partial charge in [-0.25, -0.2) is 4.39 Å². The third kappa shape index (κ3) is 4.46. The zero-order chi connectivity index (χ0) is 21.4. The summed E-state index contributed by atoms with van der Waals surface area (Å²) in [6.07, 6.45) is 1.78. The molecule has 5 nitrogen and oxygen atoms in total. The lowest BCUT2D eigenvalue weighted by atomic mass is 9.92. The Kier molecular flexibility index (Phi) is 7.02. The fraction of sp³-hybridized carbons (Fsp3) is 0.417. The fourth-order valence-corrected chi connectivity index (χ4v) is 4.55. The third-order valence-electron chi connectivity index (χ3n) is 6.35. The largest absolute Gasteiger partial charge is 0.355 e. The number of rotatable bonds is 4. The van der Waals surface area contributed by atoms with Crippen molar-refractivity contribution >= 4 is 24.2 Å². The highest BCUT2D eigenvalue weighted by atomic mass is 35.5. The molecule has 4 rings (SSSR count). The Bertz CT molecular complexity index is 995. The molecular weight excluding hydrogens is 417 g/mol. The number of benzene rings is 2. The molecule has 31 heavy (non-hydrogen) atoms. The predicted octanol–water partition coefficient (Wildman–Crippen LogP) is 3.76. The molecule has 0 saturated carbocycles. The molecule has 0 aliphatic carbocycles. The van der Waals surface area contributed by atoms with Gasteiger partial charge in [0.05, 0.1) is 0 Å². The van der Waals surface area contributed by atoms with E-state index in [-0.39, 0.29) is 35.8 Å². The fourth-order valence-electron chi connectivity index (χ4n) is 4.55. The van der Waals surface area contributed by atoms with E-state index in [2.05, 4.69) is 24.1 Å². The Hall–Kier alpha value is -2.44. The van der Waals surface area contributed by atoms with Gasteiger partial charge < -0.3 is 10.2 Å². The lowest BCUT2D eigenvalue weighted by molar-refractivity contribution is 0.0660. The van der Waals surface area contributed by atoms with E-state index in [1.165, 1.54) is 13.1 Å². The van der Waals surface area contributed by atoms with Gasteiger partial charge in [0, 0.05) is 55.5 Å². The van der Waals surface area contributed by atoms with Crippen LogP contribution in [0.15, 0.2) is 36.4 Å². The zero-order valence-electron chi connectivity index (χ0n) is 18.2. The Balaban J connectivity index is 0.00000272. The van der Waals surface area contributed by atoms with Gasteiger partial charge in [-0.2, -0.15) is 0 Å². The first-order valence-corrected chi connectivity index (χ1v) is 10.6. The van der Waals surface area contributed by atoms with Crippen LogP contribution < -0.4 is 5.32 Å². The Morgan fingerprint density at radius 2 is 1.87 bits per heavy atom. The smallest absolute Gasteiger partial charge is 0.254 e. The van der Waals surface area contributed by atoms with Crippen molar-refractivity contribution in [2.45, 2.75) is 38.8 Å². The highest BCUT2D eigenvalue weighted by Gasteiger charge is 2.34. The van der Waals surface area contributed by atoms with Crippen LogP contribution in [0.2, 0.25) is 0 Å². The first kappa shape index (κ1) is 23.2. The van der Waals surface area contributed by atoms with Crippen LogP contribution in [-0.4, -0.2) is 60.4 Å². The third-order valence-corrected chi connectivity index (χ3v) is 6.35. The van der Waals surface area contributed by atoms with E-state index in [1.807, 2.05) is 17.0 Å². The minimum Gasteiger partial charge on any atom is -0.355 e. The maximum Gasteiger partial charge on any atom is 0.254 e. The first-order chi connectivity index (χ1) is 14.4. The van der Waals surface area contributed by atoms with Gasteiger partial charge in [0.2, 0.25) is 0 Å². The van der Waals surface area contributed by atoms with Gasteiger partial charge in [0.15, 0.2) is 0 Å². The van der Waals surface area contributed by atoms with Gasteiger partial charge in [-0.05, 0) is 56.0 Å². The standard InChI is InChI=1S/C24H28FN3O2.ClH/c1-15(2)27-10-9-19(14-27)28-11-8-17-12-16(4-7-21(17)24(28)30)20-6-5-18(13-22(20)25)23(29)26-3;/h4-7,12-13,15,19H,8-11,14H2,1-3H3,(H,26,29);1H. The summed E-state index contributed by atoms with van der Waals surface area (Å²) in [7, 11) is 1.52. The van der Waals surface area contributed by atoms with Crippen LogP contribution in [0.3, 0.4) is 0 Å². The van der Waals surface area contributed by atoms with Gasteiger partial charge in [-0.3, -0.25) is 14.5 Å². The number of halogens is 2. The van der Waals surface area contributed by atoms with Crippen LogP contribution in [0.4, 0.5) is 4.39 Å². The summed E-state index contributed by atoms with van der Waals surface area (Å²) >= 11 is 0. The first-order valence-electron chi connectivity index (χ1n) is 10.6. The Labute approximate surface area is 189 Å². The quantitative estimate of drug-likeness (QED) is 0.779. The number of hydrogen-bond acceptors (Lipinski definition) is 3. The number of nitrogens with one attached hydrogen (secondary N) is 1. The van der Waals surface area contributed by atoms with Crippen molar-refractivity contribution in [3.05, 3.63) is 58.9 Å². The van der Waals surface area contributed by atoms with Crippen molar-refractivity contribution in [1.29, 1.82) is 0 Å². The lowest BCUT2D eigenvalue weighted by Crippen LogP contribution is -2.46. The molecule has 2 amide bonds. The van der Waals surface area contributed by atoms with Crippen molar-refractivity contribution in [3.8, 4) is 11.1 Å². The van der Waals surface area contributed by atoms with Gasteiger partial charge in [-0.15, -0.1) is 12.4 Å². The van der Waals surface area contributed by atoms with Crippen LogP contribution in [0, 0.1) is 5.82 Å². The summed E-state index contributed by atoms with van der Waals surface area (Å²) in [6, 6.07) is 10.8. The van der Waals surface area contributed by atoms with Gasteiger partial charge in [0.1, 0.15) is 5.82 Å². The molecule has 1 saturated heterocycles. The molecule has 0 radical (unpaired) electrons. The predicted molar refractivity (Wildman–Crippen MR) is 122 cm³/mol. The maximum atomic E-state index is 14.6. The monoisotopic (exact) mass is 445 g/mol. The highest BCUT2D eigenvalue weighted by molar-refractivity contribution is 5.98. The van der Waals surface area contributed by atoms with Gasteiger partial charge in [0.25, 0.3) is 11.8 Å². The molecule has 2 aromatic rings. The highest BCUT2D eigenvalue weighted by Crippen LogP contribution is 2.30. The minimum absolute atomic E-state index is 0. The molecule has 0 bridgehead atoms. The van der Waals surface area contributed by atoms with E-state index in [0.29, 0.717) is 18.2 Å². The average Bonchev–Trinajstić information content (AvgIpc) is 3.23. The van der Waals surface area contributed by atoms with Crippen molar-refractivity contribution in [1.82, 2.24) is 15.1 Å². The Morgan fingerprint density at radius 1 is 1.13 bits per heavy atom. The van der Waals surface area contributed by atoms with Crippen molar-refractivity contribution < 1.29 is 14.0 Å². The van der Waals surface area contributed by atoms with Gasteiger partial charge >= 0.3 is 0 Å². The Morgan fingerprint density at radius 3 is 2.52 bits per heavy atom. The molecule has 1 N–H and O–H groups in total. The maximum absolute atomic E-state index is 14.6. The van der Waals surface area contributed by atoms with Crippen LogP contribution in [0.25, 0.3) is 11.1 Å². The number of carbonyl (C=O) groups excluding carboxylic acids is 2. The average molecular weight is 446 g/mol. The number of likely N-dealkylation sites (tertiary alicyclic amines) is 1. The lowest BCUT2D eigenvalue weighted by Gasteiger charge is -2.34. The van der Waals surface area contributed by atoms with Crippen molar-refractivity contribution in [2.75, 3.05) is 26.7 Å². The molecule has 2 aliphatic rings. The normalized spacial score (nSPS) is 18.7. The van der Waals surface area contributed by atoms with E-state index in [9.17, 15) is 14.0 Å². The molecule has 7 heteroatoms. The topological polar surface area (TPSA) is 52.7 Å². The molecule has 2 aliphatic heterocycles. The van der Waals surface area contributed by atoms with Crippen LogP contribution >= 0.6 is 12.4 Å². The second-order valence-electron chi connectivity index (χ2n) is 8.43. The number of amides is 2. The second-order valence-corrected chi connectivity index (χ2v) is 8.43. The second kappa shape index (κ2) is 9.37. The van der Waals surface area contributed by atoms with Crippen molar-refractivity contribution in [2.24, 2.45) is 0 Å². The molecule has 2 aromatic carbocycles. The SMILES string of the molecule is CNC(=O)c1ccc(-c2ccc3c(c2)CCN(C2CCN(C(C)C)C2)C3=O)c(F)c1.Cl. The number of carbonyl (C=O) groups is 2. The number of fused-ring (bicyclic) bond motifs is 1. The molecule has 166 valence electrons. The van der Waals surface area contributed by atoms with E-state index >= 15 is 0 Å². The molecule has 1 unspecified atom stereocenters. The summed E-state index contributed by atoms with van der Waals surface area (Å²) in [5, 5.41) is 2.50. The summed E-state index contributed by atoms with van der Waals surface area (Å²) in [6.45, 7) is 7.04. The van der Waals surface area contributed by atoms with Crippen LogP contribution in [0.1, 0.15) is 46.5 Å². The van der Waals surface area contributed by atoms with Crippen LogP contribution in [0.5, 0.6) is 0 Å². The van der Waals surface area contributed by atoms with E-state index in [1.54, 1.807) is 18.2 Å². The summed E-state index contributed by atoms with van der Waals surface area (Å²) < 4.78 is 14.6.